The number of halogens is 2. The number of anilines is 1. The molecule has 0 spiro atoms. The smallest absolute Gasteiger partial charge is 0.319 e. The summed E-state index contributed by atoms with van der Waals surface area (Å²) in [7, 11) is 0. The Morgan fingerprint density at radius 2 is 2.05 bits per heavy atom. The second kappa shape index (κ2) is 7.33. The van der Waals surface area contributed by atoms with Gasteiger partial charge in [0.1, 0.15) is 5.82 Å². The number of rotatable bonds is 4. The van der Waals surface area contributed by atoms with E-state index in [1.54, 1.807) is 30.3 Å². The van der Waals surface area contributed by atoms with Gasteiger partial charge >= 0.3 is 6.03 Å². The molecule has 2 aromatic carbocycles. The predicted molar refractivity (Wildman–Crippen MR) is 85.5 cm³/mol. The van der Waals surface area contributed by atoms with E-state index in [1.807, 2.05) is 12.3 Å². The van der Waals surface area contributed by atoms with Crippen LogP contribution in [-0.2, 0) is 6.54 Å². The molecule has 0 heterocycles. The lowest BCUT2D eigenvalue weighted by Crippen LogP contribution is -2.28. The summed E-state index contributed by atoms with van der Waals surface area (Å²) < 4.78 is 13.4. The summed E-state index contributed by atoms with van der Waals surface area (Å²) in [5.41, 5.74) is 1.06. The van der Waals surface area contributed by atoms with Crippen molar-refractivity contribution < 1.29 is 9.18 Å². The highest BCUT2D eigenvalue weighted by atomic mass is 35.5. The molecule has 0 fully saturated rings. The van der Waals surface area contributed by atoms with Gasteiger partial charge in [0, 0.05) is 22.0 Å². The zero-order chi connectivity index (χ0) is 15.2. The Morgan fingerprint density at radius 3 is 2.76 bits per heavy atom. The van der Waals surface area contributed by atoms with Crippen LogP contribution in [0.5, 0.6) is 0 Å². The van der Waals surface area contributed by atoms with E-state index < -0.39 is 6.03 Å². The summed E-state index contributed by atoms with van der Waals surface area (Å²) in [5.74, 6) is -0.342. The van der Waals surface area contributed by atoms with Crippen molar-refractivity contribution in [3.8, 4) is 0 Å². The number of hydrogen-bond donors (Lipinski definition) is 2. The van der Waals surface area contributed by atoms with E-state index in [-0.39, 0.29) is 12.4 Å². The van der Waals surface area contributed by atoms with Crippen molar-refractivity contribution in [1.82, 2.24) is 5.32 Å². The number of carbonyl (C=O) groups is 1. The third-order valence-corrected chi connectivity index (χ3v) is 3.84. The molecule has 0 bridgehead atoms. The Labute approximate surface area is 131 Å². The molecule has 0 aromatic heterocycles. The molecule has 2 aromatic rings. The summed E-state index contributed by atoms with van der Waals surface area (Å²) in [5, 5.41) is 5.87. The second-order valence-corrected chi connectivity index (χ2v) is 5.53. The molecule has 0 saturated heterocycles. The molecular weight excluding hydrogens is 311 g/mol. The number of nitrogens with one attached hydrogen (secondary N) is 2. The first-order valence-electron chi connectivity index (χ1n) is 6.22. The van der Waals surface area contributed by atoms with E-state index in [4.69, 9.17) is 11.6 Å². The van der Waals surface area contributed by atoms with E-state index >= 15 is 0 Å². The van der Waals surface area contributed by atoms with Crippen LogP contribution < -0.4 is 10.6 Å². The summed E-state index contributed by atoms with van der Waals surface area (Å²) in [6.45, 7) is 0.119. The monoisotopic (exact) mass is 324 g/mol. The fraction of sp³-hybridized carbons (Fsp3) is 0.133. The highest BCUT2D eigenvalue weighted by molar-refractivity contribution is 7.98. The molecule has 6 heteroatoms. The third kappa shape index (κ3) is 4.37. The van der Waals surface area contributed by atoms with Crippen LogP contribution in [0.15, 0.2) is 47.4 Å². The maximum Gasteiger partial charge on any atom is 0.319 e. The Bertz CT molecular complexity index is 651. The molecule has 110 valence electrons. The quantitative estimate of drug-likeness (QED) is 0.812. The molecule has 2 amide bonds. The van der Waals surface area contributed by atoms with Crippen LogP contribution in [-0.4, -0.2) is 12.3 Å². The van der Waals surface area contributed by atoms with Crippen molar-refractivity contribution in [1.29, 1.82) is 0 Å². The Kier molecular flexibility index (Phi) is 5.47. The molecule has 0 radical (unpaired) electrons. The minimum Gasteiger partial charge on any atom is -0.334 e. The number of thioether (sulfide) groups is 1. The van der Waals surface area contributed by atoms with Gasteiger partial charge in [0.05, 0.1) is 5.69 Å². The van der Waals surface area contributed by atoms with Crippen LogP contribution in [0.1, 0.15) is 5.56 Å². The lowest BCUT2D eigenvalue weighted by atomic mass is 10.2. The van der Waals surface area contributed by atoms with Crippen molar-refractivity contribution in [2.24, 2.45) is 0 Å². The lowest BCUT2D eigenvalue weighted by Gasteiger charge is -2.11. The molecule has 0 aliphatic heterocycles. The molecule has 21 heavy (non-hydrogen) atoms. The van der Waals surface area contributed by atoms with E-state index in [0.29, 0.717) is 16.3 Å². The summed E-state index contributed by atoms with van der Waals surface area (Å²) in [4.78, 5) is 12.8. The average Bonchev–Trinajstić information content (AvgIpc) is 2.47. The van der Waals surface area contributed by atoms with E-state index in [0.717, 1.165) is 4.90 Å². The maximum absolute atomic E-state index is 13.4. The zero-order valence-electron chi connectivity index (χ0n) is 11.3. The normalized spacial score (nSPS) is 10.2. The summed E-state index contributed by atoms with van der Waals surface area (Å²) in [6, 6.07) is 11.2. The molecular formula is C15H14ClFN2OS. The maximum atomic E-state index is 13.4. The lowest BCUT2D eigenvalue weighted by molar-refractivity contribution is 0.251. The third-order valence-electron chi connectivity index (χ3n) is 2.81. The van der Waals surface area contributed by atoms with Gasteiger partial charge in [-0.15, -0.1) is 11.8 Å². The first-order valence-corrected chi connectivity index (χ1v) is 7.82. The van der Waals surface area contributed by atoms with Crippen LogP contribution in [0.3, 0.4) is 0 Å². The van der Waals surface area contributed by atoms with Gasteiger partial charge in [0.2, 0.25) is 0 Å². The van der Waals surface area contributed by atoms with Crippen molar-refractivity contribution in [2.75, 3.05) is 11.6 Å². The van der Waals surface area contributed by atoms with Gasteiger partial charge in [-0.2, -0.15) is 0 Å². The molecule has 0 aliphatic rings. The van der Waals surface area contributed by atoms with Crippen LogP contribution in [0.25, 0.3) is 0 Å². The molecule has 2 N–H and O–H groups in total. The number of benzene rings is 2. The number of amides is 2. The molecule has 0 unspecified atom stereocenters. The first kappa shape index (κ1) is 15.7. The Morgan fingerprint density at radius 1 is 1.29 bits per heavy atom. The SMILES string of the molecule is CSc1ccc(Cl)cc1NC(=O)NCc1ccccc1F. The van der Waals surface area contributed by atoms with Crippen LogP contribution in [0, 0.1) is 5.82 Å². The second-order valence-electron chi connectivity index (χ2n) is 4.24. The van der Waals surface area contributed by atoms with E-state index in [2.05, 4.69) is 10.6 Å². The topological polar surface area (TPSA) is 41.1 Å². The molecule has 2 rings (SSSR count). The largest absolute Gasteiger partial charge is 0.334 e. The average molecular weight is 325 g/mol. The molecule has 0 aliphatic carbocycles. The van der Waals surface area contributed by atoms with Crippen molar-refractivity contribution in [2.45, 2.75) is 11.4 Å². The van der Waals surface area contributed by atoms with Crippen LogP contribution in [0.4, 0.5) is 14.9 Å². The first-order chi connectivity index (χ1) is 10.1. The number of hydrogen-bond acceptors (Lipinski definition) is 2. The molecule has 0 saturated carbocycles. The highest BCUT2D eigenvalue weighted by Crippen LogP contribution is 2.28. The standard InChI is InChI=1S/C15H14ClFN2OS/c1-21-14-7-6-11(16)8-13(14)19-15(20)18-9-10-4-2-3-5-12(10)17/h2-8H,9H2,1H3,(H2,18,19,20). The Hall–Kier alpha value is -1.72. The minimum absolute atomic E-state index is 0.119. The van der Waals surface area contributed by atoms with Gasteiger partial charge in [-0.1, -0.05) is 29.8 Å². The van der Waals surface area contributed by atoms with Gasteiger partial charge in [0.15, 0.2) is 0 Å². The fourth-order valence-corrected chi connectivity index (χ4v) is 2.47. The predicted octanol–water partition coefficient (Wildman–Crippen LogP) is 4.52. The van der Waals surface area contributed by atoms with Gasteiger partial charge in [-0.3, -0.25) is 0 Å². The van der Waals surface area contributed by atoms with Gasteiger partial charge < -0.3 is 10.6 Å². The van der Waals surface area contributed by atoms with Crippen LogP contribution in [0.2, 0.25) is 5.02 Å². The van der Waals surface area contributed by atoms with E-state index in [9.17, 15) is 9.18 Å². The van der Waals surface area contributed by atoms with E-state index in [1.165, 1.54) is 17.8 Å². The van der Waals surface area contributed by atoms with Crippen molar-refractivity contribution >= 4 is 35.1 Å². The van der Waals surface area contributed by atoms with Gasteiger partial charge in [-0.05, 0) is 30.5 Å². The van der Waals surface area contributed by atoms with Crippen molar-refractivity contribution in [3.63, 3.8) is 0 Å². The number of urea groups is 1. The summed E-state index contributed by atoms with van der Waals surface area (Å²) in [6.07, 6.45) is 1.91. The van der Waals surface area contributed by atoms with Crippen molar-refractivity contribution in [3.05, 3.63) is 58.9 Å². The number of carbonyl (C=O) groups excluding carboxylic acids is 1. The Balaban J connectivity index is 1.99. The zero-order valence-corrected chi connectivity index (χ0v) is 12.9. The van der Waals surface area contributed by atoms with Gasteiger partial charge in [-0.25, -0.2) is 9.18 Å². The minimum atomic E-state index is -0.407. The highest BCUT2D eigenvalue weighted by Gasteiger charge is 2.08. The fourth-order valence-electron chi connectivity index (χ4n) is 1.76. The molecule has 0 atom stereocenters. The van der Waals surface area contributed by atoms with Gasteiger partial charge in [0.25, 0.3) is 0 Å². The van der Waals surface area contributed by atoms with Crippen LogP contribution >= 0.6 is 23.4 Å². The molecule has 3 nitrogen and oxygen atoms in total. The summed E-state index contributed by atoms with van der Waals surface area (Å²) >= 11 is 7.42.